The van der Waals surface area contributed by atoms with Crippen LogP contribution in [0.2, 0.25) is 0 Å². The van der Waals surface area contributed by atoms with Crippen LogP contribution >= 0.6 is 0 Å². The van der Waals surface area contributed by atoms with Crippen LogP contribution in [0.3, 0.4) is 0 Å². The Morgan fingerprint density at radius 3 is 2.71 bits per heavy atom. The second kappa shape index (κ2) is 6.47. The summed E-state index contributed by atoms with van der Waals surface area (Å²) in [6.45, 7) is 1.82. The Morgan fingerprint density at radius 2 is 1.96 bits per heavy atom. The average molecular weight is 389 g/mol. The lowest BCUT2D eigenvalue weighted by Gasteiger charge is -2.23. The lowest BCUT2D eigenvalue weighted by Crippen LogP contribution is -2.16. The number of aromatic nitrogens is 4. The van der Waals surface area contributed by atoms with E-state index in [0.29, 0.717) is 34.6 Å². The highest BCUT2D eigenvalue weighted by Gasteiger charge is 2.31. The third kappa shape index (κ3) is 3.37. The van der Waals surface area contributed by atoms with Gasteiger partial charge < -0.3 is 11.5 Å². The second-order valence-corrected chi connectivity index (χ2v) is 6.88. The first-order chi connectivity index (χ1) is 13.2. The molecule has 0 aromatic carbocycles. The molecule has 0 amide bonds. The Morgan fingerprint density at radius 1 is 1.18 bits per heavy atom. The van der Waals surface area contributed by atoms with Gasteiger partial charge in [0.25, 0.3) is 0 Å². The van der Waals surface area contributed by atoms with Gasteiger partial charge in [-0.15, -0.1) is 5.10 Å². The first-order valence-corrected chi connectivity index (χ1v) is 8.74. The molecule has 146 valence electrons. The molecule has 3 aromatic rings. The summed E-state index contributed by atoms with van der Waals surface area (Å²) in [5.74, 6) is -0.0933. The fraction of sp³-hybridized carbons (Fsp3) is 0.333. The van der Waals surface area contributed by atoms with E-state index in [9.17, 15) is 13.2 Å². The van der Waals surface area contributed by atoms with E-state index in [1.807, 2.05) is 6.92 Å². The van der Waals surface area contributed by atoms with E-state index in [0.717, 1.165) is 5.71 Å². The highest BCUT2D eigenvalue weighted by Crippen LogP contribution is 2.40. The number of hydrogen-bond acceptors (Lipinski definition) is 6. The molecular formula is C18H18F3N7. The number of alkyl halides is 3. The molecule has 28 heavy (non-hydrogen) atoms. The van der Waals surface area contributed by atoms with Crippen molar-refractivity contribution >= 4 is 28.7 Å². The molecule has 4 heterocycles. The SMILES string of the molecule is CC1=Nc2ccc(-c3ccn4nc(N)nc(N)c34)nc2C(CCC(F)(F)F)C1. The Bertz CT molecular complexity index is 1080. The molecule has 1 unspecified atom stereocenters. The zero-order valence-electron chi connectivity index (χ0n) is 15.0. The molecule has 3 aromatic heterocycles. The maximum absolute atomic E-state index is 12.7. The minimum absolute atomic E-state index is 0.0297. The van der Waals surface area contributed by atoms with Crippen LogP contribution in [0.1, 0.15) is 37.8 Å². The summed E-state index contributed by atoms with van der Waals surface area (Å²) in [7, 11) is 0. The van der Waals surface area contributed by atoms with Gasteiger partial charge in [-0.2, -0.15) is 18.2 Å². The molecule has 1 atom stereocenters. The van der Waals surface area contributed by atoms with Crippen molar-refractivity contribution in [3.05, 3.63) is 30.1 Å². The van der Waals surface area contributed by atoms with Crippen molar-refractivity contribution in [2.24, 2.45) is 4.99 Å². The first kappa shape index (κ1) is 18.2. The molecule has 7 nitrogen and oxygen atoms in total. The number of aliphatic imine (C=N–C) groups is 1. The Labute approximate surface area is 158 Å². The zero-order chi connectivity index (χ0) is 20.1. The van der Waals surface area contributed by atoms with Crippen LogP contribution in [0.25, 0.3) is 16.8 Å². The molecule has 10 heteroatoms. The highest BCUT2D eigenvalue weighted by molar-refractivity contribution is 5.89. The summed E-state index contributed by atoms with van der Waals surface area (Å²) in [4.78, 5) is 13.1. The summed E-state index contributed by atoms with van der Waals surface area (Å²) in [6, 6.07) is 5.32. The topological polar surface area (TPSA) is 107 Å². The van der Waals surface area contributed by atoms with Crippen molar-refractivity contribution in [1.29, 1.82) is 0 Å². The van der Waals surface area contributed by atoms with Gasteiger partial charge in [0, 0.05) is 29.8 Å². The van der Waals surface area contributed by atoms with Gasteiger partial charge in [0.05, 0.1) is 17.1 Å². The predicted octanol–water partition coefficient (Wildman–Crippen LogP) is 3.88. The minimum Gasteiger partial charge on any atom is -0.382 e. The number of rotatable bonds is 3. The molecule has 0 bridgehead atoms. The van der Waals surface area contributed by atoms with Crippen molar-refractivity contribution in [2.45, 2.75) is 38.3 Å². The minimum atomic E-state index is -4.20. The maximum atomic E-state index is 12.7. The molecule has 0 spiro atoms. The third-order valence-electron chi connectivity index (χ3n) is 4.75. The molecule has 0 radical (unpaired) electrons. The van der Waals surface area contributed by atoms with E-state index < -0.39 is 12.6 Å². The van der Waals surface area contributed by atoms with Crippen LogP contribution in [0, 0.1) is 0 Å². The standard InChI is InChI=1S/C18H18F3N7/c1-9-8-10(4-6-18(19,20)21)14-13(24-9)3-2-12(25-14)11-5-7-28-15(11)16(22)26-17(23)27-28/h2-3,5,7,10H,4,6,8H2,1H3,(H4,22,23,26,27). The van der Waals surface area contributed by atoms with Gasteiger partial charge in [-0.05, 0) is 38.0 Å². The van der Waals surface area contributed by atoms with E-state index >= 15 is 0 Å². The summed E-state index contributed by atoms with van der Waals surface area (Å²) in [6.07, 6.45) is -2.95. The van der Waals surface area contributed by atoms with Gasteiger partial charge in [-0.25, -0.2) is 4.52 Å². The fourth-order valence-electron chi connectivity index (χ4n) is 3.57. The predicted molar refractivity (Wildman–Crippen MR) is 100 cm³/mol. The maximum Gasteiger partial charge on any atom is 0.389 e. The van der Waals surface area contributed by atoms with E-state index in [1.165, 1.54) is 4.52 Å². The Balaban J connectivity index is 1.78. The Hall–Kier alpha value is -3.17. The molecule has 1 aliphatic rings. The van der Waals surface area contributed by atoms with E-state index in [-0.39, 0.29) is 24.1 Å². The van der Waals surface area contributed by atoms with Crippen molar-refractivity contribution in [1.82, 2.24) is 19.6 Å². The third-order valence-corrected chi connectivity index (χ3v) is 4.75. The fourth-order valence-corrected chi connectivity index (χ4v) is 3.57. The molecule has 4 N–H and O–H groups in total. The second-order valence-electron chi connectivity index (χ2n) is 6.88. The van der Waals surface area contributed by atoms with Crippen molar-refractivity contribution in [2.75, 3.05) is 11.5 Å². The van der Waals surface area contributed by atoms with E-state index in [2.05, 4.69) is 20.1 Å². The number of nitrogens with two attached hydrogens (primary N) is 2. The molecule has 0 fully saturated rings. The molecular weight excluding hydrogens is 371 g/mol. The molecule has 1 aliphatic heterocycles. The van der Waals surface area contributed by atoms with Gasteiger partial charge in [0.15, 0.2) is 5.82 Å². The van der Waals surface area contributed by atoms with Gasteiger partial charge >= 0.3 is 6.18 Å². The number of halogens is 3. The number of hydrogen-bond donors (Lipinski definition) is 2. The number of anilines is 2. The van der Waals surface area contributed by atoms with Gasteiger partial charge in [0.1, 0.15) is 5.52 Å². The summed E-state index contributed by atoms with van der Waals surface area (Å²) in [5, 5.41) is 4.08. The summed E-state index contributed by atoms with van der Waals surface area (Å²) < 4.78 is 39.8. The lowest BCUT2D eigenvalue weighted by atomic mass is 9.89. The summed E-state index contributed by atoms with van der Waals surface area (Å²) in [5.41, 5.74) is 15.4. The molecule has 4 rings (SSSR count). The first-order valence-electron chi connectivity index (χ1n) is 8.74. The lowest BCUT2D eigenvalue weighted by molar-refractivity contribution is -0.136. The number of nitrogen functional groups attached to an aromatic ring is 2. The molecule has 0 aliphatic carbocycles. The van der Waals surface area contributed by atoms with Crippen molar-refractivity contribution in [3.8, 4) is 11.3 Å². The number of fused-ring (bicyclic) bond motifs is 2. The largest absolute Gasteiger partial charge is 0.389 e. The Kier molecular flexibility index (Phi) is 4.20. The molecule has 0 saturated heterocycles. The zero-order valence-corrected chi connectivity index (χ0v) is 15.0. The van der Waals surface area contributed by atoms with Crippen LogP contribution in [0.4, 0.5) is 30.6 Å². The van der Waals surface area contributed by atoms with E-state index in [1.54, 1.807) is 24.4 Å². The van der Waals surface area contributed by atoms with Crippen molar-refractivity contribution in [3.63, 3.8) is 0 Å². The average Bonchev–Trinajstić information content (AvgIpc) is 3.02. The monoisotopic (exact) mass is 389 g/mol. The highest BCUT2D eigenvalue weighted by atomic mass is 19.4. The van der Waals surface area contributed by atoms with Crippen LogP contribution in [-0.2, 0) is 0 Å². The van der Waals surface area contributed by atoms with Gasteiger partial charge in [0.2, 0.25) is 5.95 Å². The number of pyridine rings is 1. The van der Waals surface area contributed by atoms with Gasteiger partial charge in [-0.3, -0.25) is 9.98 Å². The smallest absolute Gasteiger partial charge is 0.382 e. The molecule has 0 saturated carbocycles. The summed E-state index contributed by atoms with van der Waals surface area (Å²) >= 11 is 0. The van der Waals surface area contributed by atoms with Gasteiger partial charge in [-0.1, -0.05) is 0 Å². The van der Waals surface area contributed by atoms with Crippen molar-refractivity contribution < 1.29 is 13.2 Å². The van der Waals surface area contributed by atoms with Crippen LogP contribution in [-0.4, -0.2) is 31.5 Å². The normalized spacial score (nSPS) is 16.9. The quantitative estimate of drug-likeness (QED) is 0.707. The van der Waals surface area contributed by atoms with Crippen LogP contribution < -0.4 is 11.5 Å². The number of nitrogens with zero attached hydrogens (tertiary/aromatic N) is 5. The van der Waals surface area contributed by atoms with E-state index in [4.69, 9.17) is 11.5 Å². The van der Waals surface area contributed by atoms with Crippen LogP contribution in [0.5, 0.6) is 0 Å². The van der Waals surface area contributed by atoms with Crippen LogP contribution in [0.15, 0.2) is 29.4 Å².